The summed E-state index contributed by atoms with van der Waals surface area (Å²) in [5.41, 5.74) is 8.28. The van der Waals surface area contributed by atoms with Crippen molar-refractivity contribution >= 4 is 0 Å². The first-order chi connectivity index (χ1) is 8.33. The van der Waals surface area contributed by atoms with Crippen LogP contribution in [0.25, 0.3) is 0 Å². The zero-order valence-corrected chi connectivity index (χ0v) is 11.7. The molecule has 0 heterocycles. The molecule has 0 aliphatic heterocycles. The standard InChI is InChI=1S/C16H25NO/c1-15(2,3)13-8-6-12(7-9-13)14(18)16(17)10-4-5-11-16/h6-9,14,18H,4-5,10-11,17H2,1-3H3. The summed E-state index contributed by atoms with van der Waals surface area (Å²) in [7, 11) is 0. The lowest BCUT2D eigenvalue weighted by atomic mass is 9.83. The van der Waals surface area contributed by atoms with Crippen molar-refractivity contribution in [1.29, 1.82) is 0 Å². The highest BCUT2D eigenvalue weighted by Crippen LogP contribution is 2.38. The number of hydrogen-bond acceptors (Lipinski definition) is 2. The average molecular weight is 247 g/mol. The molecule has 0 radical (unpaired) electrons. The van der Waals surface area contributed by atoms with E-state index in [1.165, 1.54) is 5.56 Å². The van der Waals surface area contributed by atoms with E-state index in [0.717, 1.165) is 31.2 Å². The van der Waals surface area contributed by atoms with E-state index in [9.17, 15) is 5.11 Å². The largest absolute Gasteiger partial charge is 0.386 e. The molecule has 2 rings (SSSR count). The van der Waals surface area contributed by atoms with E-state index >= 15 is 0 Å². The minimum atomic E-state index is -0.533. The first-order valence-corrected chi connectivity index (χ1v) is 6.90. The van der Waals surface area contributed by atoms with Gasteiger partial charge in [0.25, 0.3) is 0 Å². The second-order valence-corrected chi connectivity index (χ2v) is 6.71. The monoisotopic (exact) mass is 247 g/mol. The van der Waals surface area contributed by atoms with Gasteiger partial charge in [-0.15, -0.1) is 0 Å². The fourth-order valence-corrected chi connectivity index (χ4v) is 2.80. The first-order valence-electron chi connectivity index (χ1n) is 6.90. The highest BCUT2D eigenvalue weighted by Gasteiger charge is 2.37. The Hall–Kier alpha value is -0.860. The summed E-state index contributed by atoms with van der Waals surface area (Å²) >= 11 is 0. The minimum Gasteiger partial charge on any atom is -0.386 e. The third-order valence-corrected chi connectivity index (χ3v) is 4.17. The van der Waals surface area contributed by atoms with Gasteiger partial charge in [0.2, 0.25) is 0 Å². The SMILES string of the molecule is CC(C)(C)c1ccc(C(O)C2(N)CCCC2)cc1. The lowest BCUT2D eigenvalue weighted by molar-refractivity contribution is 0.0871. The zero-order chi connectivity index (χ0) is 13.4. The summed E-state index contributed by atoms with van der Waals surface area (Å²) in [4.78, 5) is 0. The van der Waals surface area contributed by atoms with Gasteiger partial charge in [-0.3, -0.25) is 0 Å². The van der Waals surface area contributed by atoms with Gasteiger partial charge < -0.3 is 10.8 Å². The van der Waals surface area contributed by atoms with Crippen molar-refractivity contribution in [2.75, 3.05) is 0 Å². The lowest BCUT2D eigenvalue weighted by Gasteiger charge is -2.30. The topological polar surface area (TPSA) is 46.2 Å². The number of aliphatic hydroxyl groups is 1. The van der Waals surface area contributed by atoms with Crippen LogP contribution in [0.1, 0.15) is 63.7 Å². The summed E-state index contributed by atoms with van der Waals surface area (Å²) in [6, 6.07) is 8.27. The van der Waals surface area contributed by atoms with Gasteiger partial charge in [0.1, 0.15) is 0 Å². The average Bonchev–Trinajstić information content (AvgIpc) is 2.75. The van der Waals surface area contributed by atoms with E-state index in [1.54, 1.807) is 0 Å². The number of rotatable bonds is 2. The fourth-order valence-electron chi connectivity index (χ4n) is 2.80. The van der Waals surface area contributed by atoms with Crippen molar-refractivity contribution in [3.05, 3.63) is 35.4 Å². The van der Waals surface area contributed by atoms with E-state index in [4.69, 9.17) is 5.73 Å². The maximum atomic E-state index is 10.4. The zero-order valence-electron chi connectivity index (χ0n) is 11.7. The quantitative estimate of drug-likeness (QED) is 0.842. The van der Waals surface area contributed by atoms with Gasteiger partial charge in [0.15, 0.2) is 0 Å². The molecule has 1 atom stereocenters. The summed E-state index contributed by atoms with van der Waals surface area (Å²) in [6.07, 6.45) is 3.58. The summed E-state index contributed by atoms with van der Waals surface area (Å²) in [5, 5.41) is 10.4. The van der Waals surface area contributed by atoms with Gasteiger partial charge in [-0.05, 0) is 29.4 Å². The summed E-state index contributed by atoms with van der Waals surface area (Å²) in [5.74, 6) is 0. The lowest BCUT2D eigenvalue weighted by Crippen LogP contribution is -2.43. The van der Waals surface area contributed by atoms with Gasteiger partial charge in [-0.2, -0.15) is 0 Å². The molecule has 3 N–H and O–H groups in total. The molecule has 18 heavy (non-hydrogen) atoms. The van der Waals surface area contributed by atoms with Crippen LogP contribution in [-0.4, -0.2) is 10.6 Å². The molecule has 1 saturated carbocycles. The van der Waals surface area contributed by atoms with Gasteiger partial charge in [0, 0.05) is 5.54 Å². The summed E-state index contributed by atoms with van der Waals surface area (Å²) < 4.78 is 0. The van der Waals surface area contributed by atoms with Crippen molar-refractivity contribution in [3.63, 3.8) is 0 Å². The van der Waals surface area contributed by atoms with Crippen LogP contribution in [0.4, 0.5) is 0 Å². The Morgan fingerprint density at radius 1 is 1.11 bits per heavy atom. The van der Waals surface area contributed by atoms with Crippen LogP contribution < -0.4 is 5.73 Å². The van der Waals surface area contributed by atoms with Crippen molar-refractivity contribution in [2.24, 2.45) is 5.73 Å². The minimum absolute atomic E-state index is 0.150. The van der Waals surface area contributed by atoms with Crippen molar-refractivity contribution in [1.82, 2.24) is 0 Å². The molecular weight excluding hydrogens is 222 g/mol. The Labute approximate surface area is 110 Å². The number of nitrogens with two attached hydrogens (primary N) is 1. The Kier molecular flexibility index (Phi) is 3.52. The van der Waals surface area contributed by atoms with Crippen molar-refractivity contribution in [3.8, 4) is 0 Å². The molecule has 2 heteroatoms. The van der Waals surface area contributed by atoms with E-state index in [1.807, 2.05) is 12.1 Å². The first kappa shape index (κ1) is 13.6. The van der Waals surface area contributed by atoms with E-state index in [-0.39, 0.29) is 5.41 Å². The number of hydrogen-bond donors (Lipinski definition) is 2. The second-order valence-electron chi connectivity index (χ2n) is 6.71. The normalized spacial score (nSPS) is 20.9. The van der Waals surface area contributed by atoms with E-state index in [2.05, 4.69) is 32.9 Å². The molecule has 0 aromatic heterocycles. The third-order valence-electron chi connectivity index (χ3n) is 4.17. The maximum Gasteiger partial charge on any atom is 0.0969 e. The highest BCUT2D eigenvalue weighted by atomic mass is 16.3. The number of benzene rings is 1. The maximum absolute atomic E-state index is 10.4. The van der Waals surface area contributed by atoms with E-state index in [0.29, 0.717) is 0 Å². The molecule has 1 fully saturated rings. The second kappa shape index (κ2) is 4.67. The van der Waals surface area contributed by atoms with Crippen LogP contribution in [0, 0.1) is 0 Å². The van der Waals surface area contributed by atoms with Gasteiger partial charge >= 0.3 is 0 Å². The molecular formula is C16H25NO. The smallest absolute Gasteiger partial charge is 0.0969 e. The van der Waals surface area contributed by atoms with E-state index < -0.39 is 11.6 Å². The van der Waals surface area contributed by atoms with Crippen molar-refractivity contribution < 1.29 is 5.11 Å². The van der Waals surface area contributed by atoms with Crippen LogP contribution in [0.15, 0.2) is 24.3 Å². The molecule has 0 saturated heterocycles. The Balaban J connectivity index is 2.19. The van der Waals surface area contributed by atoms with Crippen LogP contribution >= 0.6 is 0 Å². The molecule has 100 valence electrons. The molecule has 2 nitrogen and oxygen atoms in total. The molecule has 0 spiro atoms. The molecule has 0 bridgehead atoms. The molecule has 1 aromatic carbocycles. The van der Waals surface area contributed by atoms with Crippen LogP contribution in [0.2, 0.25) is 0 Å². The van der Waals surface area contributed by atoms with Crippen LogP contribution in [0.3, 0.4) is 0 Å². The van der Waals surface area contributed by atoms with Crippen LogP contribution in [0.5, 0.6) is 0 Å². The Bertz CT molecular complexity index is 396. The molecule has 1 aromatic rings. The fraction of sp³-hybridized carbons (Fsp3) is 0.625. The Morgan fingerprint density at radius 3 is 2.06 bits per heavy atom. The predicted octanol–water partition coefficient (Wildman–Crippen LogP) is 3.29. The Morgan fingerprint density at radius 2 is 1.61 bits per heavy atom. The number of aliphatic hydroxyl groups excluding tert-OH is 1. The molecule has 1 aliphatic rings. The van der Waals surface area contributed by atoms with Crippen molar-refractivity contribution in [2.45, 2.75) is 63.5 Å². The summed E-state index contributed by atoms with van der Waals surface area (Å²) in [6.45, 7) is 6.58. The molecule has 1 aliphatic carbocycles. The predicted molar refractivity (Wildman–Crippen MR) is 75.5 cm³/mol. The van der Waals surface area contributed by atoms with Gasteiger partial charge in [-0.25, -0.2) is 0 Å². The third kappa shape index (κ3) is 2.60. The van der Waals surface area contributed by atoms with Gasteiger partial charge in [-0.1, -0.05) is 57.9 Å². The highest BCUT2D eigenvalue weighted by molar-refractivity contribution is 5.30. The molecule has 0 amide bonds. The molecule has 1 unspecified atom stereocenters. The van der Waals surface area contributed by atoms with Crippen LogP contribution in [-0.2, 0) is 5.41 Å². The van der Waals surface area contributed by atoms with Gasteiger partial charge in [0.05, 0.1) is 6.10 Å².